The fraction of sp³-hybridized carbons (Fsp3) is 0.267. The van der Waals surface area contributed by atoms with Gasteiger partial charge in [-0.15, -0.1) is 0 Å². The van der Waals surface area contributed by atoms with E-state index in [9.17, 15) is 8.42 Å². The minimum absolute atomic E-state index is 0.112. The molecule has 0 radical (unpaired) electrons. The van der Waals surface area contributed by atoms with E-state index < -0.39 is 9.84 Å². The van der Waals surface area contributed by atoms with Crippen molar-refractivity contribution in [1.82, 2.24) is 25.1 Å². The third kappa shape index (κ3) is 2.61. The lowest BCUT2D eigenvalue weighted by Crippen LogP contribution is -2.50. The van der Waals surface area contributed by atoms with Crippen molar-refractivity contribution in [2.24, 2.45) is 0 Å². The summed E-state index contributed by atoms with van der Waals surface area (Å²) in [5.41, 5.74) is 1.33. The Kier molecular flexibility index (Phi) is 3.47. The number of sulfone groups is 1. The van der Waals surface area contributed by atoms with Crippen LogP contribution >= 0.6 is 0 Å². The molecule has 24 heavy (non-hydrogen) atoms. The molecule has 1 saturated heterocycles. The molecule has 3 aromatic rings. The van der Waals surface area contributed by atoms with E-state index in [4.69, 9.17) is 4.74 Å². The van der Waals surface area contributed by atoms with Gasteiger partial charge in [-0.2, -0.15) is 5.10 Å². The Morgan fingerprint density at radius 3 is 2.58 bits per heavy atom. The summed E-state index contributed by atoms with van der Waals surface area (Å²) in [5.74, 6) is 0.505. The molecule has 1 N–H and O–H groups in total. The first-order valence-corrected chi connectivity index (χ1v) is 9.28. The molecule has 2 aromatic heterocycles. The van der Waals surface area contributed by atoms with Gasteiger partial charge >= 0.3 is 0 Å². The van der Waals surface area contributed by atoms with Gasteiger partial charge in [-0.05, 0) is 24.3 Å². The first kappa shape index (κ1) is 15.0. The molecule has 1 fully saturated rings. The van der Waals surface area contributed by atoms with Crippen LogP contribution in [0, 0.1) is 0 Å². The van der Waals surface area contributed by atoms with E-state index in [1.165, 1.54) is 12.6 Å². The predicted octanol–water partition coefficient (Wildman–Crippen LogP) is 0.570. The summed E-state index contributed by atoms with van der Waals surface area (Å²) < 4.78 is 30.6. The van der Waals surface area contributed by atoms with E-state index in [1.54, 1.807) is 35.1 Å². The van der Waals surface area contributed by atoms with Gasteiger partial charge in [0.25, 0.3) is 0 Å². The van der Waals surface area contributed by atoms with Crippen molar-refractivity contribution in [3.05, 3.63) is 36.8 Å². The van der Waals surface area contributed by atoms with Gasteiger partial charge < -0.3 is 10.1 Å². The van der Waals surface area contributed by atoms with Crippen LogP contribution in [0.1, 0.15) is 0 Å². The van der Waals surface area contributed by atoms with Gasteiger partial charge in [-0.25, -0.2) is 23.1 Å². The Labute approximate surface area is 138 Å². The van der Waals surface area contributed by atoms with Crippen LogP contribution in [0.5, 0.6) is 5.88 Å². The van der Waals surface area contributed by atoms with Crippen LogP contribution in [-0.2, 0) is 9.84 Å². The molecule has 0 bridgehead atoms. The number of hydrogen-bond acceptors (Lipinski definition) is 7. The Hall–Kier alpha value is -2.52. The topological polar surface area (TPSA) is 99.0 Å². The van der Waals surface area contributed by atoms with Gasteiger partial charge in [0.15, 0.2) is 15.5 Å². The first-order valence-electron chi connectivity index (χ1n) is 7.39. The predicted molar refractivity (Wildman–Crippen MR) is 87.1 cm³/mol. The summed E-state index contributed by atoms with van der Waals surface area (Å²) in [7, 11) is -3.23. The van der Waals surface area contributed by atoms with Gasteiger partial charge in [0.05, 0.1) is 16.8 Å². The van der Waals surface area contributed by atoms with Crippen molar-refractivity contribution >= 4 is 20.9 Å². The highest BCUT2D eigenvalue weighted by Crippen LogP contribution is 2.25. The van der Waals surface area contributed by atoms with Crippen LogP contribution in [0.3, 0.4) is 0 Å². The molecule has 0 aliphatic carbocycles. The molecule has 0 spiro atoms. The van der Waals surface area contributed by atoms with E-state index in [0.29, 0.717) is 17.2 Å². The van der Waals surface area contributed by atoms with Crippen molar-refractivity contribution in [2.75, 3.05) is 19.3 Å². The molecule has 0 amide bonds. The van der Waals surface area contributed by atoms with Gasteiger partial charge in [-0.3, -0.25) is 0 Å². The lowest BCUT2D eigenvalue weighted by atomic mass is 10.2. The molecule has 0 atom stereocenters. The minimum atomic E-state index is -3.23. The number of fused-ring (bicyclic) bond motifs is 1. The maximum atomic E-state index is 11.6. The summed E-state index contributed by atoms with van der Waals surface area (Å²) in [4.78, 5) is 8.73. The quantitative estimate of drug-likeness (QED) is 0.738. The molecular weight excluding hydrogens is 330 g/mol. The molecule has 3 heterocycles. The van der Waals surface area contributed by atoms with Gasteiger partial charge in [0, 0.05) is 19.3 Å². The molecule has 4 rings (SSSR count). The highest BCUT2D eigenvalue weighted by atomic mass is 32.2. The van der Waals surface area contributed by atoms with Crippen LogP contribution in [0.15, 0.2) is 41.7 Å². The number of benzene rings is 1. The van der Waals surface area contributed by atoms with Crippen LogP contribution in [0.2, 0.25) is 0 Å². The fourth-order valence-corrected chi connectivity index (χ4v) is 3.07. The average Bonchev–Trinajstić information content (AvgIpc) is 2.95. The van der Waals surface area contributed by atoms with Crippen LogP contribution in [-0.4, -0.2) is 53.6 Å². The summed E-state index contributed by atoms with van der Waals surface area (Å²) in [6, 6.07) is 6.50. The SMILES string of the molecule is CS(=O)(=O)c1ccc(-n2ncc3c(OC4CNC4)ncnc32)cc1. The summed E-state index contributed by atoms with van der Waals surface area (Å²) in [6.45, 7) is 1.60. The normalized spacial score (nSPS) is 15.4. The van der Waals surface area contributed by atoms with E-state index in [-0.39, 0.29) is 11.0 Å². The zero-order valence-electron chi connectivity index (χ0n) is 12.9. The second kappa shape index (κ2) is 5.53. The van der Waals surface area contributed by atoms with E-state index in [2.05, 4.69) is 20.4 Å². The monoisotopic (exact) mass is 345 g/mol. The molecule has 124 valence electrons. The van der Waals surface area contributed by atoms with Crippen molar-refractivity contribution in [3.8, 4) is 11.6 Å². The number of ether oxygens (including phenoxy) is 1. The average molecular weight is 345 g/mol. The lowest BCUT2D eigenvalue weighted by Gasteiger charge is -2.27. The highest BCUT2D eigenvalue weighted by Gasteiger charge is 2.21. The Bertz CT molecular complexity index is 994. The third-order valence-corrected chi connectivity index (χ3v) is 4.99. The summed E-state index contributed by atoms with van der Waals surface area (Å²) in [6.07, 6.45) is 4.38. The number of nitrogens with zero attached hydrogens (tertiary/aromatic N) is 4. The van der Waals surface area contributed by atoms with Gasteiger partial charge in [0.2, 0.25) is 5.88 Å². The van der Waals surface area contributed by atoms with Crippen molar-refractivity contribution in [1.29, 1.82) is 0 Å². The molecule has 9 heteroatoms. The van der Waals surface area contributed by atoms with Gasteiger partial charge in [-0.1, -0.05) is 0 Å². The lowest BCUT2D eigenvalue weighted by molar-refractivity contribution is 0.138. The van der Waals surface area contributed by atoms with Crippen LogP contribution in [0.25, 0.3) is 16.7 Å². The van der Waals surface area contributed by atoms with Crippen molar-refractivity contribution in [2.45, 2.75) is 11.0 Å². The number of nitrogens with one attached hydrogen (secondary N) is 1. The molecule has 1 aliphatic heterocycles. The second-order valence-electron chi connectivity index (χ2n) is 5.64. The standard InChI is InChI=1S/C15H15N5O3S/c1-24(21,22)12-4-2-10(3-5-12)20-14-13(8-19-20)15(18-9-17-14)23-11-6-16-7-11/h2-5,8-9,11,16H,6-7H2,1H3. The van der Waals surface area contributed by atoms with Crippen molar-refractivity contribution in [3.63, 3.8) is 0 Å². The third-order valence-electron chi connectivity index (χ3n) is 3.86. The number of aromatic nitrogens is 4. The highest BCUT2D eigenvalue weighted by molar-refractivity contribution is 7.90. The Morgan fingerprint density at radius 1 is 1.21 bits per heavy atom. The number of hydrogen-bond donors (Lipinski definition) is 1. The maximum Gasteiger partial charge on any atom is 0.228 e. The van der Waals surface area contributed by atoms with Gasteiger partial charge in [0.1, 0.15) is 17.8 Å². The molecule has 1 aliphatic rings. The first-order chi connectivity index (χ1) is 11.5. The molecule has 1 aromatic carbocycles. The molecular formula is C15H15N5O3S. The molecule has 0 saturated carbocycles. The molecule has 8 nitrogen and oxygen atoms in total. The summed E-state index contributed by atoms with van der Waals surface area (Å²) >= 11 is 0. The van der Waals surface area contributed by atoms with E-state index in [1.807, 2.05) is 0 Å². The van der Waals surface area contributed by atoms with E-state index >= 15 is 0 Å². The fourth-order valence-electron chi connectivity index (χ4n) is 2.44. The maximum absolute atomic E-state index is 11.6. The van der Waals surface area contributed by atoms with E-state index in [0.717, 1.165) is 18.5 Å². The van der Waals surface area contributed by atoms with Crippen molar-refractivity contribution < 1.29 is 13.2 Å². The van der Waals surface area contributed by atoms with Crippen LogP contribution < -0.4 is 10.1 Å². The minimum Gasteiger partial charge on any atom is -0.471 e. The van der Waals surface area contributed by atoms with Crippen LogP contribution in [0.4, 0.5) is 0 Å². The second-order valence-corrected chi connectivity index (χ2v) is 7.65. The zero-order valence-corrected chi connectivity index (χ0v) is 13.7. The summed E-state index contributed by atoms with van der Waals surface area (Å²) in [5, 5.41) is 8.20. The molecule has 0 unspecified atom stereocenters. The number of rotatable bonds is 4. The Morgan fingerprint density at radius 2 is 1.96 bits per heavy atom. The zero-order chi connectivity index (χ0) is 16.7. The largest absolute Gasteiger partial charge is 0.471 e. The smallest absolute Gasteiger partial charge is 0.228 e. The Balaban J connectivity index is 1.73.